The highest BCUT2D eigenvalue weighted by atomic mass is 16.5. The second kappa shape index (κ2) is 6.63. The van der Waals surface area contributed by atoms with Crippen LogP contribution in [0, 0.1) is 0 Å². The molecule has 132 valence electrons. The molecule has 0 atom stereocenters. The summed E-state index contributed by atoms with van der Waals surface area (Å²) in [6, 6.07) is 4.04. The maximum Gasteiger partial charge on any atom is 0.163 e. The van der Waals surface area contributed by atoms with E-state index >= 15 is 0 Å². The standard InChI is InChI=1S/C19H24N4O2/c1-12(2)25-19-10-17-15(9-18(19)24-6)8-7-13(3)23(17)14(4)16-11-22(5)21-20-16/h9-12H,3-4,7-8H2,1-2,5-6H3. The van der Waals surface area contributed by atoms with Gasteiger partial charge in [0.05, 0.1) is 30.8 Å². The number of benzene rings is 1. The molecule has 0 saturated carbocycles. The van der Waals surface area contributed by atoms with Crippen LogP contribution in [-0.4, -0.2) is 28.2 Å². The number of anilines is 1. The quantitative estimate of drug-likeness (QED) is 0.833. The average molecular weight is 340 g/mol. The Morgan fingerprint density at radius 2 is 2.00 bits per heavy atom. The first kappa shape index (κ1) is 17.1. The summed E-state index contributed by atoms with van der Waals surface area (Å²) in [4.78, 5) is 2.04. The molecule has 0 amide bonds. The summed E-state index contributed by atoms with van der Waals surface area (Å²) in [6.45, 7) is 12.4. The molecule has 0 unspecified atom stereocenters. The number of hydrogen-bond donors (Lipinski definition) is 0. The van der Waals surface area contributed by atoms with E-state index in [1.54, 1.807) is 11.8 Å². The largest absolute Gasteiger partial charge is 0.493 e. The molecule has 2 aromatic rings. The summed E-state index contributed by atoms with van der Waals surface area (Å²) in [5.41, 5.74) is 4.62. The Kier molecular flexibility index (Phi) is 4.53. The van der Waals surface area contributed by atoms with E-state index in [1.807, 2.05) is 44.1 Å². The van der Waals surface area contributed by atoms with E-state index in [4.69, 9.17) is 9.47 Å². The maximum atomic E-state index is 5.93. The Hall–Kier alpha value is -2.76. The molecule has 3 rings (SSSR count). The maximum absolute atomic E-state index is 5.93. The lowest BCUT2D eigenvalue weighted by Gasteiger charge is -2.34. The van der Waals surface area contributed by atoms with Gasteiger partial charge < -0.3 is 14.4 Å². The highest BCUT2D eigenvalue weighted by Crippen LogP contribution is 2.43. The third kappa shape index (κ3) is 3.24. The highest BCUT2D eigenvalue weighted by Gasteiger charge is 2.26. The second-order valence-corrected chi connectivity index (χ2v) is 6.42. The van der Waals surface area contributed by atoms with Crippen molar-refractivity contribution in [1.29, 1.82) is 0 Å². The fourth-order valence-electron chi connectivity index (χ4n) is 3.00. The number of rotatable bonds is 5. The topological polar surface area (TPSA) is 52.4 Å². The van der Waals surface area contributed by atoms with Crippen LogP contribution in [0.25, 0.3) is 5.70 Å². The lowest BCUT2D eigenvalue weighted by atomic mass is 9.98. The van der Waals surface area contributed by atoms with E-state index in [1.165, 1.54) is 5.56 Å². The zero-order chi connectivity index (χ0) is 18.1. The van der Waals surface area contributed by atoms with Gasteiger partial charge in [0, 0.05) is 18.8 Å². The lowest BCUT2D eigenvalue weighted by Crippen LogP contribution is -2.25. The van der Waals surface area contributed by atoms with Gasteiger partial charge in [0.2, 0.25) is 0 Å². The van der Waals surface area contributed by atoms with Gasteiger partial charge in [-0.3, -0.25) is 4.68 Å². The zero-order valence-electron chi connectivity index (χ0n) is 15.2. The summed E-state index contributed by atoms with van der Waals surface area (Å²) in [5.74, 6) is 1.45. The van der Waals surface area contributed by atoms with Crippen LogP contribution in [0.3, 0.4) is 0 Å². The van der Waals surface area contributed by atoms with Crippen LogP contribution in [-0.2, 0) is 13.5 Å². The summed E-state index contributed by atoms with van der Waals surface area (Å²) in [6.07, 6.45) is 3.64. The molecule has 1 aliphatic rings. The van der Waals surface area contributed by atoms with E-state index < -0.39 is 0 Å². The molecule has 6 heteroatoms. The molecule has 1 aromatic carbocycles. The molecule has 0 fully saturated rings. The van der Waals surface area contributed by atoms with E-state index in [0.29, 0.717) is 5.75 Å². The van der Waals surface area contributed by atoms with Crippen molar-refractivity contribution in [3.63, 3.8) is 0 Å². The van der Waals surface area contributed by atoms with Gasteiger partial charge in [0.25, 0.3) is 0 Å². The molecule has 25 heavy (non-hydrogen) atoms. The van der Waals surface area contributed by atoms with Gasteiger partial charge in [-0.05, 0) is 38.3 Å². The molecule has 1 aliphatic heterocycles. The van der Waals surface area contributed by atoms with Gasteiger partial charge in [0.15, 0.2) is 11.5 Å². The Labute approximate surface area is 148 Å². The summed E-state index contributed by atoms with van der Waals surface area (Å²) in [7, 11) is 3.50. The fourth-order valence-corrected chi connectivity index (χ4v) is 3.00. The third-order valence-corrected chi connectivity index (χ3v) is 4.14. The minimum Gasteiger partial charge on any atom is -0.493 e. The zero-order valence-corrected chi connectivity index (χ0v) is 15.2. The van der Waals surface area contributed by atoms with Crippen LogP contribution in [0.2, 0.25) is 0 Å². The SMILES string of the molecule is C=C1CCc2cc(OC)c(OC(C)C)cc2N1C(=C)c1cn(C)nn1. The van der Waals surface area contributed by atoms with Crippen molar-refractivity contribution in [2.75, 3.05) is 12.0 Å². The van der Waals surface area contributed by atoms with E-state index in [9.17, 15) is 0 Å². The molecule has 0 aliphatic carbocycles. The van der Waals surface area contributed by atoms with E-state index in [-0.39, 0.29) is 6.10 Å². The van der Waals surface area contributed by atoms with Crippen molar-refractivity contribution < 1.29 is 9.47 Å². The Morgan fingerprint density at radius 1 is 1.24 bits per heavy atom. The van der Waals surface area contributed by atoms with Crippen LogP contribution >= 0.6 is 0 Å². The molecule has 0 spiro atoms. The smallest absolute Gasteiger partial charge is 0.163 e. The number of hydrogen-bond acceptors (Lipinski definition) is 5. The Bertz CT molecular complexity index is 823. The van der Waals surface area contributed by atoms with Crippen molar-refractivity contribution >= 4 is 11.4 Å². The van der Waals surface area contributed by atoms with Crippen LogP contribution in [0.5, 0.6) is 11.5 Å². The number of methoxy groups -OCH3 is 1. The monoisotopic (exact) mass is 340 g/mol. The van der Waals surface area contributed by atoms with Crippen LogP contribution in [0.15, 0.2) is 37.2 Å². The first-order chi connectivity index (χ1) is 11.9. The molecule has 0 saturated heterocycles. The van der Waals surface area contributed by atoms with Crippen LogP contribution < -0.4 is 14.4 Å². The second-order valence-electron chi connectivity index (χ2n) is 6.42. The minimum absolute atomic E-state index is 0.0513. The van der Waals surface area contributed by atoms with Crippen molar-refractivity contribution in [3.8, 4) is 11.5 Å². The van der Waals surface area contributed by atoms with Gasteiger partial charge >= 0.3 is 0 Å². The fraction of sp³-hybridized carbons (Fsp3) is 0.368. The number of allylic oxidation sites excluding steroid dienone is 1. The molecular weight excluding hydrogens is 316 g/mol. The summed E-state index contributed by atoms with van der Waals surface area (Å²) < 4.78 is 13.1. The Balaban J connectivity index is 2.07. The molecule has 1 aromatic heterocycles. The number of fused-ring (bicyclic) bond motifs is 1. The predicted molar refractivity (Wildman–Crippen MR) is 98.7 cm³/mol. The van der Waals surface area contributed by atoms with Gasteiger partial charge in [0.1, 0.15) is 5.69 Å². The molecule has 0 radical (unpaired) electrons. The van der Waals surface area contributed by atoms with Gasteiger partial charge in [-0.2, -0.15) is 0 Å². The molecule has 0 bridgehead atoms. The number of aromatic nitrogens is 3. The molecule has 6 nitrogen and oxygen atoms in total. The normalized spacial score (nSPS) is 13.8. The van der Waals surface area contributed by atoms with Gasteiger partial charge in [-0.25, -0.2) is 0 Å². The number of nitrogens with zero attached hydrogens (tertiary/aromatic N) is 4. The first-order valence-electron chi connectivity index (χ1n) is 8.31. The molecule has 2 heterocycles. The lowest BCUT2D eigenvalue weighted by molar-refractivity contribution is 0.230. The average Bonchev–Trinajstić information content (AvgIpc) is 3.00. The number of ether oxygens (including phenoxy) is 2. The van der Waals surface area contributed by atoms with Crippen LogP contribution in [0.4, 0.5) is 5.69 Å². The third-order valence-electron chi connectivity index (χ3n) is 4.14. The van der Waals surface area contributed by atoms with Crippen LogP contribution in [0.1, 0.15) is 31.5 Å². The van der Waals surface area contributed by atoms with Crippen molar-refractivity contribution in [1.82, 2.24) is 15.0 Å². The van der Waals surface area contributed by atoms with Crippen molar-refractivity contribution in [2.45, 2.75) is 32.8 Å². The highest BCUT2D eigenvalue weighted by molar-refractivity contribution is 5.83. The Morgan fingerprint density at radius 3 is 2.60 bits per heavy atom. The van der Waals surface area contributed by atoms with Crippen molar-refractivity contribution in [3.05, 3.63) is 48.4 Å². The van der Waals surface area contributed by atoms with E-state index in [0.717, 1.165) is 41.4 Å². The minimum atomic E-state index is 0.0513. The van der Waals surface area contributed by atoms with Gasteiger partial charge in [-0.1, -0.05) is 18.4 Å². The first-order valence-corrected chi connectivity index (χ1v) is 8.31. The summed E-state index contributed by atoms with van der Waals surface area (Å²) >= 11 is 0. The van der Waals surface area contributed by atoms with Crippen molar-refractivity contribution in [2.24, 2.45) is 7.05 Å². The molecular formula is C19H24N4O2. The number of aryl methyl sites for hydroxylation is 2. The van der Waals surface area contributed by atoms with Gasteiger partial charge in [-0.15, -0.1) is 5.10 Å². The molecule has 0 N–H and O–H groups in total. The predicted octanol–water partition coefficient (Wildman–Crippen LogP) is 3.55. The van der Waals surface area contributed by atoms with E-state index in [2.05, 4.69) is 23.5 Å². The summed E-state index contributed by atoms with van der Waals surface area (Å²) in [5, 5.41) is 8.18.